The van der Waals surface area contributed by atoms with Crippen molar-refractivity contribution in [3.05, 3.63) is 64.2 Å². The highest BCUT2D eigenvalue weighted by Crippen LogP contribution is 2.19. The lowest BCUT2D eigenvalue weighted by molar-refractivity contribution is -0.115. The number of carbonyl (C=O) groups excluding carboxylic acids is 1. The highest BCUT2D eigenvalue weighted by Gasteiger charge is 2.10. The summed E-state index contributed by atoms with van der Waals surface area (Å²) in [5.74, 6) is -0.0433. The molecule has 1 atom stereocenters. The molecule has 0 saturated heterocycles. The van der Waals surface area contributed by atoms with Gasteiger partial charge >= 0.3 is 0 Å². The molecule has 2 N–H and O–H groups in total. The smallest absolute Gasteiger partial charge is 0.238 e. The molecular formula is C18H21ClN2O. The van der Waals surface area contributed by atoms with Gasteiger partial charge in [0.1, 0.15) is 0 Å². The number of nitrogens with one attached hydrogen (secondary N) is 2. The van der Waals surface area contributed by atoms with Crippen LogP contribution in [0, 0.1) is 13.8 Å². The first-order chi connectivity index (χ1) is 10.5. The molecule has 2 aromatic rings. The van der Waals surface area contributed by atoms with Gasteiger partial charge in [-0.3, -0.25) is 4.79 Å². The molecule has 0 radical (unpaired) electrons. The third-order valence-corrected chi connectivity index (χ3v) is 3.94. The van der Waals surface area contributed by atoms with Gasteiger partial charge in [0.25, 0.3) is 0 Å². The van der Waals surface area contributed by atoms with Crippen LogP contribution >= 0.6 is 11.6 Å². The van der Waals surface area contributed by atoms with Crippen molar-refractivity contribution >= 4 is 23.2 Å². The van der Waals surface area contributed by atoms with Crippen LogP contribution in [0.2, 0.25) is 5.02 Å². The number of anilines is 1. The molecule has 0 aliphatic carbocycles. The van der Waals surface area contributed by atoms with Crippen molar-refractivity contribution in [1.82, 2.24) is 5.32 Å². The van der Waals surface area contributed by atoms with E-state index in [0.717, 1.165) is 22.4 Å². The Morgan fingerprint density at radius 1 is 1.09 bits per heavy atom. The Kier molecular flexibility index (Phi) is 5.58. The molecule has 0 aromatic heterocycles. The second-order valence-corrected chi connectivity index (χ2v) is 5.91. The number of para-hydroxylation sites is 1. The Morgan fingerprint density at radius 2 is 1.68 bits per heavy atom. The standard InChI is InChI=1S/C18H21ClN2O/c1-12-5-4-6-13(2)18(12)21-17(22)11-20-14(3)15-7-9-16(19)10-8-15/h4-10,14,20H,11H2,1-3H3,(H,21,22)/t14-/m0/s1. The van der Waals surface area contributed by atoms with Crippen LogP contribution in [-0.4, -0.2) is 12.5 Å². The SMILES string of the molecule is Cc1cccc(C)c1NC(=O)CN[C@@H](C)c1ccc(Cl)cc1. The summed E-state index contributed by atoms with van der Waals surface area (Å²) >= 11 is 5.88. The molecule has 2 aromatic carbocycles. The van der Waals surface area contributed by atoms with Crippen molar-refractivity contribution in [3.63, 3.8) is 0 Å². The summed E-state index contributed by atoms with van der Waals surface area (Å²) in [6.07, 6.45) is 0. The molecule has 4 heteroatoms. The summed E-state index contributed by atoms with van der Waals surface area (Å²) in [6.45, 7) is 6.27. The van der Waals surface area contributed by atoms with Crippen LogP contribution in [0.15, 0.2) is 42.5 Å². The topological polar surface area (TPSA) is 41.1 Å². The van der Waals surface area contributed by atoms with Crippen molar-refractivity contribution < 1.29 is 4.79 Å². The minimum atomic E-state index is -0.0433. The van der Waals surface area contributed by atoms with E-state index in [1.165, 1.54) is 0 Å². The number of amides is 1. The highest BCUT2D eigenvalue weighted by atomic mass is 35.5. The van der Waals surface area contributed by atoms with Crippen LogP contribution < -0.4 is 10.6 Å². The van der Waals surface area contributed by atoms with Crippen LogP contribution in [0.5, 0.6) is 0 Å². The number of aryl methyl sites for hydroxylation is 2. The fraction of sp³-hybridized carbons (Fsp3) is 0.278. The number of hydrogen-bond donors (Lipinski definition) is 2. The zero-order chi connectivity index (χ0) is 16.1. The monoisotopic (exact) mass is 316 g/mol. The molecule has 116 valence electrons. The summed E-state index contributed by atoms with van der Waals surface area (Å²) in [5.41, 5.74) is 4.14. The summed E-state index contributed by atoms with van der Waals surface area (Å²) in [6, 6.07) is 13.7. The molecule has 0 heterocycles. The molecule has 0 saturated carbocycles. The number of benzene rings is 2. The van der Waals surface area contributed by atoms with Gasteiger partial charge in [-0.1, -0.05) is 41.9 Å². The molecule has 22 heavy (non-hydrogen) atoms. The van der Waals surface area contributed by atoms with E-state index in [1.807, 2.05) is 63.2 Å². The molecular weight excluding hydrogens is 296 g/mol. The lowest BCUT2D eigenvalue weighted by Crippen LogP contribution is -2.30. The first kappa shape index (κ1) is 16.5. The average Bonchev–Trinajstić information content (AvgIpc) is 2.49. The van der Waals surface area contributed by atoms with Crippen LogP contribution in [-0.2, 0) is 4.79 Å². The Labute approximate surface area is 136 Å². The highest BCUT2D eigenvalue weighted by molar-refractivity contribution is 6.30. The summed E-state index contributed by atoms with van der Waals surface area (Å²) in [7, 11) is 0. The first-order valence-electron chi connectivity index (χ1n) is 7.32. The molecule has 0 fully saturated rings. The fourth-order valence-electron chi connectivity index (χ4n) is 2.31. The minimum absolute atomic E-state index is 0.0433. The van der Waals surface area contributed by atoms with Gasteiger partial charge in [-0.15, -0.1) is 0 Å². The van der Waals surface area contributed by atoms with Crippen molar-refractivity contribution in [3.8, 4) is 0 Å². The summed E-state index contributed by atoms with van der Waals surface area (Å²) in [5, 5.41) is 6.91. The van der Waals surface area contributed by atoms with Gasteiger partial charge in [0.15, 0.2) is 0 Å². The van der Waals surface area contributed by atoms with Crippen LogP contribution in [0.1, 0.15) is 29.7 Å². The van der Waals surface area contributed by atoms with Crippen LogP contribution in [0.4, 0.5) is 5.69 Å². The zero-order valence-electron chi connectivity index (χ0n) is 13.1. The molecule has 0 bridgehead atoms. The second-order valence-electron chi connectivity index (χ2n) is 5.47. The van der Waals surface area contributed by atoms with Gasteiger partial charge in [0, 0.05) is 16.8 Å². The van der Waals surface area contributed by atoms with Crippen molar-refractivity contribution in [1.29, 1.82) is 0 Å². The molecule has 3 nitrogen and oxygen atoms in total. The Hall–Kier alpha value is -1.84. The van der Waals surface area contributed by atoms with E-state index in [1.54, 1.807) is 0 Å². The fourth-order valence-corrected chi connectivity index (χ4v) is 2.44. The van der Waals surface area contributed by atoms with E-state index in [4.69, 9.17) is 11.6 Å². The van der Waals surface area contributed by atoms with Gasteiger partial charge in [-0.2, -0.15) is 0 Å². The Bertz CT molecular complexity index is 632. The number of carbonyl (C=O) groups is 1. The van der Waals surface area contributed by atoms with E-state index >= 15 is 0 Å². The van der Waals surface area contributed by atoms with Gasteiger partial charge in [0.05, 0.1) is 6.54 Å². The van der Waals surface area contributed by atoms with Crippen molar-refractivity contribution in [2.75, 3.05) is 11.9 Å². The predicted octanol–water partition coefficient (Wildman–Crippen LogP) is 4.25. The number of hydrogen-bond acceptors (Lipinski definition) is 2. The lowest BCUT2D eigenvalue weighted by Gasteiger charge is -2.15. The maximum Gasteiger partial charge on any atom is 0.238 e. The minimum Gasteiger partial charge on any atom is -0.324 e. The quantitative estimate of drug-likeness (QED) is 0.866. The van der Waals surface area contributed by atoms with E-state index in [9.17, 15) is 4.79 Å². The Morgan fingerprint density at radius 3 is 2.27 bits per heavy atom. The van der Waals surface area contributed by atoms with Crippen LogP contribution in [0.25, 0.3) is 0 Å². The van der Waals surface area contributed by atoms with Gasteiger partial charge in [0.2, 0.25) is 5.91 Å². The van der Waals surface area contributed by atoms with E-state index in [2.05, 4.69) is 10.6 Å². The zero-order valence-corrected chi connectivity index (χ0v) is 13.9. The Balaban J connectivity index is 1.91. The maximum absolute atomic E-state index is 12.1. The second kappa shape index (κ2) is 7.43. The molecule has 0 aliphatic heterocycles. The number of rotatable bonds is 5. The van der Waals surface area contributed by atoms with Crippen molar-refractivity contribution in [2.45, 2.75) is 26.8 Å². The summed E-state index contributed by atoms with van der Waals surface area (Å²) < 4.78 is 0. The third kappa shape index (κ3) is 4.33. The van der Waals surface area contributed by atoms with Crippen LogP contribution in [0.3, 0.4) is 0 Å². The lowest BCUT2D eigenvalue weighted by atomic mass is 10.1. The summed E-state index contributed by atoms with van der Waals surface area (Å²) in [4.78, 5) is 12.1. The third-order valence-electron chi connectivity index (χ3n) is 3.68. The maximum atomic E-state index is 12.1. The van der Waals surface area contributed by atoms with E-state index in [0.29, 0.717) is 5.02 Å². The molecule has 0 aliphatic rings. The molecule has 0 unspecified atom stereocenters. The first-order valence-corrected chi connectivity index (χ1v) is 7.70. The number of halogens is 1. The van der Waals surface area contributed by atoms with Gasteiger partial charge in [-0.25, -0.2) is 0 Å². The van der Waals surface area contributed by atoms with Gasteiger partial charge in [-0.05, 0) is 49.6 Å². The van der Waals surface area contributed by atoms with E-state index in [-0.39, 0.29) is 18.5 Å². The normalized spacial score (nSPS) is 12.0. The molecule has 1 amide bonds. The molecule has 0 spiro atoms. The van der Waals surface area contributed by atoms with Crippen molar-refractivity contribution in [2.24, 2.45) is 0 Å². The predicted molar refractivity (Wildman–Crippen MR) is 92.4 cm³/mol. The average molecular weight is 317 g/mol. The van der Waals surface area contributed by atoms with Gasteiger partial charge < -0.3 is 10.6 Å². The largest absolute Gasteiger partial charge is 0.324 e. The molecule has 2 rings (SSSR count). The van der Waals surface area contributed by atoms with E-state index < -0.39 is 0 Å².